The maximum Gasteiger partial charge on any atom is 0.348 e. The minimum absolute atomic E-state index is 0. The van der Waals surface area contributed by atoms with Crippen LogP contribution in [0.3, 0.4) is 0 Å². The highest BCUT2D eigenvalue weighted by atomic mass is 79.9. The van der Waals surface area contributed by atoms with Gasteiger partial charge in [0, 0.05) is 6.07 Å². The Labute approximate surface area is 160 Å². The monoisotopic (exact) mass is 447 g/mol. The third-order valence-corrected chi connectivity index (χ3v) is 5.15. The third kappa shape index (κ3) is 3.04. The molecule has 3 rings (SSSR count). The van der Waals surface area contributed by atoms with Gasteiger partial charge < -0.3 is 17.1 Å². The van der Waals surface area contributed by atoms with Gasteiger partial charge in [0.05, 0.1) is 22.0 Å². The number of nitrogens with zero attached hydrogens (tertiary/aromatic N) is 1. The highest BCUT2D eigenvalue weighted by Gasteiger charge is 2.40. The lowest BCUT2D eigenvalue weighted by Crippen LogP contribution is -3.00. The second-order valence-corrected chi connectivity index (χ2v) is 6.94. The molecule has 0 aromatic carbocycles. The molecule has 0 amide bonds. The minimum Gasteiger partial charge on any atom is -1.00 e. The van der Waals surface area contributed by atoms with Crippen LogP contribution in [0.25, 0.3) is 5.70 Å². The van der Waals surface area contributed by atoms with Crippen LogP contribution in [0.4, 0.5) is 0 Å². The first-order chi connectivity index (χ1) is 10.9. The summed E-state index contributed by atoms with van der Waals surface area (Å²) in [4.78, 5) is 37.1. The molecule has 0 radical (unpaired) electrons. The van der Waals surface area contributed by atoms with Gasteiger partial charge in [0.25, 0.3) is 11.5 Å². The second-order valence-electron chi connectivity index (χ2n) is 4.60. The fraction of sp³-hybridized carbons (Fsp3) is 0.0667. The van der Waals surface area contributed by atoms with Crippen molar-refractivity contribution in [3.8, 4) is 0 Å². The van der Waals surface area contributed by atoms with E-state index >= 15 is 0 Å². The van der Waals surface area contributed by atoms with E-state index in [1.54, 1.807) is 24.5 Å². The van der Waals surface area contributed by atoms with E-state index in [1.165, 1.54) is 17.7 Å². The number of fused-ring (bicyclic) bond motifs is 1. The Bertz CT molecular complexity index is 907. The summed E-state index contributed by atoms with van der Waals surface area (Å²) in [6.07, 6.45) is 3.24. The average molecular weight is 449 g/mol. The summed E-state index contributed by atoms with van der Waals surface area (Å²) in [6.45, 7) is 0. The van der Waals surface area contributed by atoms with Crippen molar-refractivity contribution in [1.29, 1.82) is 0 Å². The van der Waals surface area contributed by atoms with Crippen LogP contribution in [0.5, 0.6) is 0 Å². The fourth-order valence-electron chi connectivity index (χ4n) is 2.18. The Morgan fingerprint density at radius 2 is 2.04 bits per heavy atom. The molecule has 124 valence electrons. The topological polar surface area (TPSA) is 64.3 Å². The van der Waals surface area contributed by atoms with Crippen LogP contribution in [0.15, 0.2) is 40.1 Å². The molecule has 0 saturated carbocycles. The quantitative estimate of drug-likeness (QED) is 0.482. The molecule has 5 nitrogen and oxygen atoms in total. The number of aromatic nitrogens is 1. The first-order valence-corrected chi connectivity index (χ1v) is 8.31. The molecule has 0 fully saturated rings. The molecule has 9 heteroatoms. The molecule has 0 atom stereocenters. The summed E-state index contributed by atoms with van der Waals surface area (Å²) in [5.41, 5.74) is 0.215. The molecule has 0 unspecified atom stereocenters. The molecule has 0 saturated heterocycles. The van der Waals surface area contributed by atoms with E-state index in [4.69, 9.17) is 11.6 Å². The van der Waals surface area contributed by atoms with Gasteiger partial charge in [0.15, 0.2) is 17.4 Å². The summed E-state index contributed by atoms with van der Waals surface area (Å²) in [7, 11) is 1.23. The SMILES string of the molecule is COC(=O)c1cc2c(s1)C(=O)C(Cl)=C([n+]1cccc(Br)c1)C2=O.[Cl-]. The predicted molar refractivity (Wildman–Crippen MR) is 87.7 cm³/mol. The second kappa shape index (κ2) is 7.14. The fourth-order valence-corrected chi connectivity index (χ4v) is 3.91. The largest absolute Gasteiger partial charge is 1.00 e. The molecular formula is C15H8BrCl2NO4S. The Morgan fingerprint density at radius 3 is 2.67 bits per heavy atom. The van der Waals surface area contributed by atoms with Crippen molar-refractivity contribution in [2.45, 2.75) is 0 Å². The number of ketones is 2. The Kier molecular flexibility index (Phi) is 5.59. The summed E-state index contributed by atoms with van der Waals surface area (Å²) in [6, 6.07) is 4.86. The van der Waals surface area contributed by atoms with E-state index in [-0.39, 0.29) is 38.5 Å². The third-order valence-electron chi connectivity index (χ3n) is 3.21. The molecule has 24 heavy (non-hydrogen) atoms. The molecule has 0 spiro atoms. The molecule has 0 bridgehead atoms. The Hall–Kier alpha value is -1.54. The van der Waals surface area contributed by atoms with Gasteiger partial charge in [0.2, 0.25) is 5.78 Å². The van der Waals surface area contributed by atoms with Crippen molar-refractivity contribution in [2.24, 2.45) is 0 Å². The summed E-state index contributed by atoms with van der Waals surface area (Å²) in [5, 5.41) is -0.177. The maximum absolute atomic E-state index is 12.7. The number of hydrogen-bond acceptors (Lipinski definition) is 5. The Morgan fingerprint density at radius 1 is 1.33 bits per heavy atom. The first kappa shape index (κ1) is 18.8. The predicted octanol–water partition coefficient (Wildman–Crippen LogP) is 0.0753. The number of rotatable bonds is 2. The van der Waals surface area contributed by atoms with Crippen molar-refractivity contribution in [2.75, 3.05) is 7.11 Å². The van der Waals surface area contributed by atoms with Crippen LogP contribution in [0, 0.1) is 0 Å². The van der Waals surface area contributed by atoms with Gasteiger partial charge in [0.1, 0.15) is 4.88 Å². The van der Waals surface area contributed by atoms with Crippen molar-refractivity contribution >= 4 is 62.1 Å². The Balaban J connectivity index is 0.00000208. The number of hydrogen-bond donors (Lipinski definition) is 0. The first-order valence-electron chi connectivity index (χ1n) is 6.32. The number of methoxy groups -OCH3 is 1. The lowest BCUT2D eigenvalue weighted by Gasteiger charge is -2.09. The van der Waals surface area contributed by atoms with Crippen molar-refractivity contribution in [1.82, 2.24) is 0 Å². The molecule has 2 heterocycles. The minimum atomic E-state index is -0.599. The van der Waals surface area contributed by atoms with Crippen LogP contribution < -0.4 is 17.0 Å². The van der Waals surface area contributed by atoms with E-state index in [0.29, 0.717) is 0 Å². The van der Waals surface area contributed by atoms with E-state index in [1.807, 2.05) is 0 Å². The number of esters is 1. The molecule has 0 N–H and O–H groups in total. The number of ether oxygens (including phenoxy) is 1. The average Bonchev–Trinajstić information content (AvgIpc) is 2.98. The zero-order valence-corrected chi connectivity index (χ0v) is 15.9. The smallest absolute Gasteiger partial charge is 0.348 e. The standard InChI is InChI=1S/C15H8BrClNO4S.ClH/c1-22-15(21)9-5-8-12(19)11(10(17)13(20)14(8)23-9)18-4-2-3-7(16)6-18;/h2-6H,1H3;1H/q+1;/p-1. The van der Waals surface area contributed by atoms with E-state index in [0.717, 1.165) is 15.8 Å². The van der Waals surface area contributed by atoms with Gasteiger partial charge in [-0.25, -0.2) is 4.79 Å². The number of thiophene rings is 1. The van der Waals surface area contributed by atoms with Crippen LogP contribution in [0.2, 0.25) is 0 Å². The lowest BCUT2D eigenvalue weighted by atomic mass is 9.99. The van der Waals surface area contributed by atoms with Crippen molar-refractivity contribution in [3.63, 3.8) is 0 Å². The van der Waals surface area contributed by atoms with Crippen LogP contribution in [0.1, 0.15) is 29.7 Å². The van der Waals surface area contributed by atoms with Gasteiger partial charge in [-0.15, -0.1) is 11.3 Å². The summed E-state index contributed by atoms with van der Waals surface area (Å²) < 4.78 is 6.83. The number of allylic oxidation sites excluding steroid dienone is 2. The van der Waals surface area contributed by atoms with Gasteiger partial charge in [-0.3, -0.25) is 9.59 Å². The van der Waals surface area contributed by atoms with Crippen LogP contribution in [-0.4, -0.2) is 24.6 Å². The molecule has 0 aliphatic heterocycles. The number of carbonyl (C=O) groups excluding carboxylic acids is 3. The summed E-state index contributed by atoms with van der Waals surface area (Å²) in [5.74, 6) is -1.50. The van der Waals surface area contributed by atoms with E-state index in [9.17, 15) is 14.4 Å². The zero-order valence-electron chi connectivity index (χ0n) is 12.0. The van der Waals surface area contributed by atoms with Crippen LogP contribution >= 0.6 is 38.9 Å². The van der Waals surface area contributed by atoms with Gasteiger partial charge in [-0.2, -0.15) is 4.57 Å². The molecule has 1 aliphatic rings. The summed E-state index contributed by atoms with van der Waals surface area (Å²) >= 11 is 10.3. The van der Waals surface area contributed by atoms with E-state index in [2.05, 4.69) is 20.7 Å². The highest BCUT2D eigenvalue weighted by Crippen LogP contribution is 2.34. The number of halogens is 3. The lowest BCUT2D eigenvalue weighted by molar-refractivity contribution is -0.577. The molecule has 2 aromatic heterocycles. The maximum atomic E-state index is 12.7. The van der Waals surface area contributed by atoms with Gasteiger partial charge >= 0.3 is 5.97 Å². The van der Waals surface area contributed by atoms with Crippen molar-refractivity contribution in [3.05, 3.63) is 55.4 Å². The number of pyridine rings is 1. The molecular weight excluding hydrogens is 441 g/mol. The van der Waals surface area contributed by atoms with Gasteiger partial charge in [-0.05, 0) is 28.1 Å². The number of Topliss-reactive ketones (excluding diaryl/α,β-unsaturated/α-hetero) is 2. The number of carbonyl (C=O) groups is 3. The van der Waals surface area contributed by atoms with E-state index < -0.39 is 17.5 Å². The zero-order chi connectivity index (χ0) is 16.7. The normalized spacial score (nSPS) is 13.5. The molecule has 2 aromatic rings. The van der Waals surface area contributed by atoms with Gasteiger partial charge in [-0.1, -0.05) is 11.6 Å². The molecule has 1 aliphatic carbocycles. The van der Waals surface area contributed by atoms with Crippen molar-refractivity contribution < 1.29 is 36.1 Å². The highest BCUT2D eigenvalue weighted by molar-refractivity contribution is 9.10. The van der Waals surface area contributed by atoms with Crippen LogP contribution in [-0.2, 0) is 4.74 Å².